The fraction of sp³-hybridized carbons (Fsp3) is 0.0455. The van der Waals surface area contributed by atoms with Crippen molar-refractivity contribution >= 4 is 27.3 Å². The Morgan fingerprint density at radius 1 is 0.760 bits per heavy atom. The minimum absolute atomic E-state index is 0.924. The Hall–Kier alpha value is -2.91. The molecule has 3 aromatic carbocycles. The molecule has 120 valence electrons. The first-order valence-electron chi connectivity index (χ1n) is 8.38. The van der Waals surface area contributed by atoms with Crippen LogP contribution in [0.15, 0.2) is 84.9 Å². The molecule has 0 spiro atoms. The number of aromatic nitrogens is 2. The zero-order valence-electron chi connectivity index (χ0n) is 13.6. The molecule has 0 bridgehead atoms. The molecule has 5 aromatic rings. The first-order chi connectivity index (χ1) is 12.4. The summed E-state index contributed by atoms with van der Waals surface area (Å²) in [4.78, 5) is 7.26. The van der Waals surface area contributed by atoms with E-state index in [2.05, 4.69) is 83.3 Å². The van der Waals surface area contributed by atoms with Crippen molar-refractivity contribution in [2.45, 2.75) is 6.42 Å². The summed E-state index contributed by atoms with van der Waals surface area (Å²) in [6.45, 7) is 0. The first kappa shape index (κ1) is 14.4. The normalized spacial score (nSPS) is 11.4. The smallest absolute Gasteiger partial charge is 0.195 e. The van der Waals surface area contributed by atoms with Gasteiger partial charge in [0.25, 0.3) is 0 Å². The molecule has 0 saturated carbocycles. The number of imidazole rings is 1. The van der Waals surface area contributed by atoms with Gasteiger partial charge in [-0.05, 0) is 23.3 Å². The molecule has 0 N–H and O–H groups in total. The lowest BCUT2D eigenvalue weighted by Crippen LogP contribution is -1.92. The van der Waals surface area contributed by atoms with Gasteiger partial charge in [-0.2, -0.15) is 0 Å². The number of benzene rings is 3. The molecule has 0 fully saturated rings. The molecule has 2 aromatic heterocycles. The summed E-state index contributed by atoms with van der Waals surface area (Å²) in [5, 5.41) is 0. The van der Waals surface area contributed by atoms with Gasteiger partial charge < -0.3 is 0 Å². The Morgan fingerprint density at radius 2 is 1.44 bits per heavy atom. The van der Waals surface area contributed by atoms with Crippen LogP contribution in [0, 0.1) is 0 Å². The molecule has 0 unspecified atom stereocenters. The number of thiazole rings is 1. The molecule has 0 aliphatic carbocycles. The quantitative estimate of drug-likeness (QED) is 0.405. The van der Waals surface area contributed by atoms with Crippen molar-refractivity contribution in [2.75, 3.05) is 0 Å². The zero-order valence-corrected chi connectivity index (χ0v) is 14.4. The largest absolute Gasteiger partial charge is 0.283 e. The van der Waals surface area contributed by atoms with Crippen molar-refractivity contribution in [3.8, 4) is 11.3 Å². The molecule has 0 saturated heterocycles. The van der Waals surface area contributed by atoms with Crippen molar-refractivity contribution in [3.05, 3.63) is 95.4 Å². The lowest BCUT2D eigenvalue weighted by atomic mass is 10.1. The molecule has 0 aliphatic heterocycles. The van der Waals surface area contributed by atoms with Crippen LogP contribution in [0.25, 0.3) is 27.3 Å². The second kappa shape index (κ2) is 5.87. The van der Waals surface area contributed by atoms with Crippen molar-refractivity contribution in [1.29, 1.82) is 0 Å². The number of nitrogens with zero attached hydrogens (tertiary/aromatic N) is 2. The third kappa shape index (κ3) is 2.44. The van der Waals surface area contributed by atoms with E-state index < -0.39 is 0 Å². The Morgan fingerprint density at radius 3 is 2.24 bits per heavy atom. The molecule has 0 radical (unpaired) electrons. The third-order valence-corrected chi connectivity index (χ3v) is 5.53. The highest BCUT2D eigenvalue weighted by Gasteiger charge is 2.18. The molecule has 5 rings (SSSR count). The Balaban J connectivity index is 1.79. The van der Waals surface area contributed by atoms with Gasteiger partial charge in [0, 0.05) is 11.3 Å². The van der Waals surface area contributed by atoms with Gasteiger partial charge in [0.15, 0.2) is 4.96 Å². The highest BCUT2D eigenvalue weighted by molar-refractivity contribution is 7.17. The lowest BCUT2D eigenvalue weighted by molar-refractivity contribution is 1.19. The highest BCUT2D eigenvalue weighted by atomic mass is 32.1. The maximum atomic E-state index is 4.85. The van der Waals surface area contributed by atoms with Crippen LogP contribution in [0.3, 0.4) is 0 Å². The summed E-state index contributed by atoms with van der Waals surface area (Å²) in [5.74, 6) is 0. The van der Waals surface area contributed by atoms with E-state index in [-0.39, 0.29) is 0 Å². The summed E-state index contributed by atoms with van der Waals surface area (Å²) >= 11 is 1.79. The molecular formula is C22H16N2S. The Bertz CT molecular complexity index is 1150. The molecule has 2 heterocycles. The molecule has 3 heteroatoms. The number of hydrogen-bond acceptors (Lipinski definition) is 2. The minimum atomic E-state index is 0.924. The summed E-state index contributed by atoms with van der Waals surface area (Å²) in [5.41, 5.74) is 6.05. The minimum Gasteiger partial charge on any atom is -0.283 e. The number of rotatable bonds is 3. The van der Waals surface area contributed by atoms with Gasteiger partial charge in [-0.1, -0.05) is 72.8 Å². The Kier molecular flexibility index (Phi) is 3.39. The van der Waals surface area contributed by atoms with Gasteiger partial charge in [0.1, 0.15) is 0 Å². The second-order valence-electron chi connectivity index (χ2n) is 6.12. The number of hydrogen-bond donors (Lipinski definition) is 0. The predicted molar refractivity (Wildman–Crippen MR) is 105 cm³/mol. The number of fused-ring (bicyclic) bond motifs is 3. The van der Waals surface area contributed by atoms with Gasteiger partial charge in [-0.15, -0.1) is 11.3 Å². The lowest BCUT2D eigenvalue weighted by Gasteiger charge is -2.06. The van der Waals surface area contributed by atoms with Gasteiger partial charge in [-0.3, -0.25) is 4.40 Å². The average Bonchev–Trinajstić information content (AvgIpc) is 3.18. The van der Waals surface area contributed by atoms with E-state index in [1.165, 1.54) is 27.2 Å². The first-order valence-corrected chi connectivity index (χ1v) is 9.20. The van der Waals surface area contributed by atoms with E-state index in [1.807, 2.05) is 6.07 Å². The molecule has 25 heavy (non-hydrogen) atoms. The van der Waals surface area contributed by atoms with E-state index in [0.29, 0.717) is 0 Å². The summed E-state index contributed by atoms with van der Waals surface area (Å²) in [6, 6.07) is 29.7. The van der Waals surface area contributed by atoms with E-state index >= 15 is 0 Å². The molecule has 2 nitrogen and oxygen atoms in total. The van der Waals surface area contributed by atoms with Gasteiger partial charge in [0.2, 0.25) is 0 Å². The van der Waals surface area contributed by atoms with Gasteiger partial charge in [-0.25, -0.2) is 4.98 Å². The monoisotopic (exact) mass is 340 g/mol. The second-order valence-corrected chi connectivity index (χ2v) is 7.18. The van der Waals surface area contributed by atoms with Gasteiger partial charge in [0.05, 0.1) is 16.7 Å². The maximum Gasteiger partial charge on any atom is 0.195 e. The summed E-state index contributed by atoms with van der Waals surface area (Å²) < 4.78 is 2.31. The van der Waals surface area contributed by atoms with Crippen molar-refractivity contribution in [2.24, 2.45) is 0 Å². The van der Waals surface area contributed by atoms with Crippen molar-refractivity contribution in [1.82, 2.24) is 9.38 Å². The molecule has 0 amide bonds. The maximum absolute atomic E-state index is 4.85. The van der Waals surface area contributed by atoms with Crippen molar-refractivity contribution in [3.63, 3.8) is 0 Å². The molecule has 0 atom stereocenters. The SMILES string of the molecule is c1ccc(Cc2sc3nc4ccccc4n3c2-c2ccccc2)cc1. The topological polar surface area (TPSA) is 17.3 Å². The van der Waals surface area contributed by atoms with E-state index in [4.69, 9.17) is 4.98 Å². The van der Waals surface area contributed by atoms with Crippen molar-refractivity contribution < 1.29 is 0 Å². The fourth-order valence-electron chi connectivity index (χ4n) is 3.36. The standard InChI is InChI=1S/C22H16N2S/c1-3-9-16(10-4-1)15-20-21(17-11-5-2-6-12-17)24-19-14-8-7-13-18(19)23-22(24)25-20/h1-14H,15H2. The molecule has 0 aliphatic rings. The van der Waals surface area contributed by atoms with E-state index in [1.54, 1.807) is 11.3 Å². The van der Waals surface area contributed by atoms with Crippen LogP contribution in [0.4, 0.5) is 0 Å². The van der Waals surface area contributed by atoms with E-state index in [9.17, 15) is 0 Å². The van der Waals surface area contributed by atoms with Crippen LogP contribution >= 0.6 is 11.3 Å². The summed E-state index contributed by atoms with van der Waals surface area (Å²) in [6.07, 6.45) is 0.924. The number of para-hydroxylation sites is 2. The van der Waals surface area contributed by atoms with Gasteiger partial charge >= 0.3 is 0 Å². The third-order valence-electron chi connectivity index (χ3n) is 4.49. The summed E-state index contributed by atoms with van der Waals surface area (Å²) in [7, 11) is 0. The predicted octanol–water partition coefficient (Wildman–Crippen LogP) is 5.81. The zero-order chi connectivity index (χ0) is 16.6. The van der Waals surface area contributed by atoms with Crippen LogP contribution in [0.1, 0.15) is 10.4 Å². The highest BCUT2D eigenvalue weighted by Crippen LogP contribution is 2.36. The van der Waals surface area contributed by atoms with Crippen LogP contribution in [-0.4, -0.2) is 9.38 Å². The Labute approximate surface area is 150 Å². The van der Waals surface area contributed by atoms with Crippen LogP contribution < -0.4 is 0 Å². The van der Waals surface area contributed by atoms with Crippen LogP contribution in [-0.2, 0) is 6.42 Å². The van der Waals surface area contributed by atoms with Crippen LogP contribution in [0.5, 0.6) is 0 Å². The van der Waals surface area contributed by atoms with Crippen LogP contribution in [0.2, 0.25) is 0 Å². The van der Waals surface area contributed by atoms with E-state index in [0.717, 1.165) is 16.9 Å². The molecular weight excluding hydrogens is 324 g/mol. The average molecular weight is 340 g/mol. The fourth-order valence-corrected chi connectivity index (χ4v) is 4.55.